The van der Waals surface area contributed by atoms with Crippen LogP contribution >= 0.6 is 0 Å². The molecule has 0 saturated carbocycles. The molecule has 17 heavy (non-hydrogen) atoms. The van der Waals surface area contributed by atoms with Crippen LogP contribution in [0.3, 0.4) is 0 Å². The molecule has 0 spiro atoms. The standard InChI is InChI=1S/C14H27N3/c1-6-15-13(14(3,4)5)9-8-12-10-16-17(7-2)11-12/h10-11,13,15H,6-9H2,1-5H3. The van der Waals surface area contributed by atoms with Crippen molar-refractivity contribution < 1.29 is 0 Å². The van der Waals surface area contributed by atoms with Crippen molar-refractivity contribution in [3.8, 4) is 0 Å². The summed E-state index contributed by atoms with van der Waals surface area (Å²) in [5, 5.41) is 7.90. The number of aryl methyl sites for hydroxylation is 2. The summed E-state index contributed by atoms with van der Waals surface area (Å²) in [5.74, 6) is 0. The third-order valence-electron chi connectivity index (χ3n) is 3.23. The van der Waals surface area contributed by atoms with E-state index in [0.29, 0.717) is 11.5 Å². The second kappa shape index (κ2) is 6.20. The van der Waals surface area contributed by atoms with Gasteiger partial charge in [-0.25, -0.2) is 0 Å². The van der Waals surface area contributed by atoms with E-state index in [1.54, 1.807) is 0 Å². The number of nitrogens with one attached hydrogen (secondary N) is 1. The molecular formula is C14H27N3. The Bertz CT molecular complexity index is 322. The lowest BCUT2D eigenvalue weighted by atomic mass is 9.83. The summed E-state index contributed by atoms with van der Waals surface area (Å²) in [7, 11) is 0. The Balaban J connectivity index is 2.51. The van der Waals surface area contributed by atoms with Gasteiger partial charge in [-0.2, -0.15) is 5.10 Å². The first-order valence-corrected chi connectivity index (χ1v) is 6.72. The number of hydrogen-bond donors (Lipinski definition) is 1. The van der Waals surface area contributed by atoms with Crippen LogP contribution in [-0.2, 0) is 13.0 Å². The van der Waals surface area contributed by atoms with Gasteiger partial charge in [-0.15, -0.1) is 0 Å². The summed E-state index contributed by atoms with van der Waals surface area (Å²) < 4.78 is 1.99. The van der Waals surface area contributed by atoms with Crippen LogP contribution in [0.4, 0.5) is 0 Å². The second-order valence-corrected chi connectivity index (χ2v) is 5.72. The molecule has 0 bridgehead atoms. The molecule has 0 radical (unpaired) electrons. The van der Waals surface area contributed by atoms with Crippen molar-refractivity contribution in [1.29, 1.82) is 0 Å². The maximum Gasteiger partial charge on any atom is 0.0521 e. The molecule has 0 fully saturated rings. The Morgan fingerprint density at radius 1 is 1.35 bits per heavy atom. The van der Waals surface area contributed by atoms with Crippen LogP contribution in [0.25, 0.3) is 0 Å². The van der Waals surface area contributed by atoms with Crippen molar-refractivity contribution in [2.45, 2.75) is 60.0 Å². The quantitative estimate of drug-likeness (QED) is 0.824. The molecule has 0 aliphatic heterocycles. The van der Waals surface area contributed by atoms with Gasteiger partial charge >= 0.3 is 0 Å². The summed E-state index contributed by atoms with van der Waals surface area (Å²) in [6.07, 6.45) is 6.43. The molecule has 3 nitrogen and oxygen atoms in total. The third kappa shape index (κ3) is 4.50. The third-order valence-corrected chi connectivity index (χ3v) is 3.23. The highest BCUT2D eigenvalue weighted by atomic mass is 15.3. The van der Waals surface area contributed by atoms with Gasteiger partial charge in [0, 0.05) is 18.8 Å². The van der Waals surface area contributed by atoms with Crippen molar-refractivity contribution >= 4 is 0 Å². The van der Waals surface area contributed by atoms with E-state index in [9.17, 15) is 0 Å². The lowest BCUT2D eigenvalue weighted by Crippen LogP contribution is -2.40. The Morgan fingerprint density at radius 2 is 2.06 bits per heavy atom. The Labute approximate surface area is 106 Å². The van der Waals surface area contributed by atoms with Crippen LogP contribution in [-0.4, -0.2) is 22.4 Å². The monoisotopic (exact) mass is 237 g/mol. The lowest BCUT2D eigenvalue weighted by molar-refractivity contribution is 0.258. The van der Waals surface area contributed by atoms with Gasteiger partial charge < -0.3 is 5.32 Å². The topological polar surface area (TPSA) is 29.9 Å². The predicted molar refractivity (Wildman–Crippen MR) is 73.1 cm³/mol. The van der Waals surface area contributed by atoms with Gasteiger partial charge in [0.1, 0.15) is 0 Å². The number of hydrogen-bond acceptors (Lipinski definition) is 2. The molecule has 1 heterocycles. The summed E-state index contributed by atoms with van der Waals surface area (Å²) >= 11 is 0. The van der Waals surface area contributed by atoms with Crippen LogP contribution in [0.1, 0.15) is 46.6 Å². The minimum Gasteiger partial charge on any atom is -0.314 e. The first-order valence-electron chi connectivity index (χ1n) is 6.72. The minimum absolute atomic E-state index is 0.316. The van der Waals surface area contributed by atoms with E-state index in [2.05, 4.69) is 51.2 Å². The average molecular weight is 237 g/mol. The fourth-order valence-corrected chi connectivity index (χ4v) is 2.11. The van der Waals surface area contributed by atoms with Crippen LogP contribution in [0.5, 0.6) is 0 Å². The van der Waals surface area contributed by atoms with E-state index in [1.807, 2.05) is 10.9 Å². The second-order valence-electron chi connectivity index (χ2n) is 5.72. The maximum absolute atomic E-state index is 4.32. The van der Waals surface area contributed by atoms with Crippen LogP contribution < -0.4 is 5.32 Å². The Kier molecular flexibility index (Phi) is 5.19. The number of aromatic nitrogens is 2. The van der Waals surface area contributed by atoms with E-state index in [-0.39, 0.29) is 0 Å². The van der Waals surface area contributed by atoms with E-state index in [1.165, 1.54) is 12.0 Å². The summed E-state index contributed by atoms with van der Waals surface area (Å²) in [6.45, 7) is 13.2. The fraction of sp³-hybridized carbons (Fsp3) is 0.786. The predicted octanol–water partition coefficient (Wildman–Crippen LogP) is 2.86. The van der Waals surface area contributed by atoms with Crippen molar-refractivity contribution in [3.63, 3.8) is 0 Å². The lowest BCUT2D eigenvalue weighted by Gasteiger charge is -2.31. The van der Waals surface area contributed by atoms with Gasteiger partial charge in [0.15, 0.2) is 0 Å². The minimum atomic E-state index is 0.316. The van der Waals surface area contributed by atoms with E-state index in [0.717, 1.165) is 19.5 Å². The normalized spacial score (nSPS) is 13.9. The average Bonchev–Trinajstić information content (AvgIpc) is 2.70. The van der Waals surface area contributed by atoms with E-state index >= 15 is 0 Å². The fourth-order valence-electron chi connectivity index (χ4n) is 2.11. The molecule has 1 unspecified atom stereocenters. The molecule has 0 aliphatic carbocycles. The molecule has 1 aromatic rings. The van der Waals surface area contributed by atoms with Gasteiger partial charge in [-0.3, -0.25) is 4.68 Å². The molecule has 98 valence electrons. The maximum atomic E-state index is 4.32. The summed E-state index contributed by atoms with van der Waals surface area (Å²) in [4.78, 5) is 0. The zero-order valence-electron chi connectivity index (χ0n) is 12.0. The summed E-state index contributed by atoms with van der Waals surface area (Å²) in [6, 6.07) is 0.567. The van der Waals surface area contributed by atoms with Gasteiger partial charge in [-0.1, -0.05) is 27.7 Å². The summed E-state index contributed by atoms with van der Waals surface area (Å²) in [5.41, 5.74) is 1.66. The zero-order valence-corrected chi connectivity index (χ0v) is 12.0. The number of nitrogens with zero attached hydrogens (tertiary/aromatic N) is 2. The van der Waals surface area contributed by atoms with Crippen molar-refractivity contribution in [2.75, 3.05) is 6.54 Å². The first kappa shape index (κ1) is 14.2. The smallest absolute Gasteiger partial charge is 0.0521 e. The van der Waals surface area contributed by atoms with Crippen molar-refractivity contribution in [1.82, 2.24) is 15.1 Å². The molecule has 1 aromatic heterocycles. The van der Waals surface area contributed by atoms with Crippen molar-refractivity contribution in [2.24, 2.45) is 5.41 Å². The van der Waals surface area contributed by atoms with Crippen LogP contribution in [0.15, 0.2) is 12.4 Å². The van der Waals surface area contributed by atoms with Gasteiger partial charge in [0.05, 0.1) is 6.20 Å². The van der Waals surface area contributed by atoms with E-state index < -0.39 is 0 Å². The van der Waals surface area contributed by atoms with Gasteiger partial charge in [0.2, 0.25) is 0 Å². The molecule has 0 aromatic carbocycles. The highest BCUT2D eigenvalue weighted by Gasteiger charge is 2.23. The Hall–Kier alpha value is -0.830. The van der Waals surface area contributed by atoms with Crippen molar-refractivity contribution in [3.05, 3.63) is 18.0 Å². The number of rotatable bonds is 6. The molecule has 1 rings (SSSR count). The molecule has 1 N–H and O–H groups in total. The molecular weight excluding hydrogens is 210 g/mol. The van der Waals surface area contributed by atoms with E-state index in [4.69, 9.17) is 0 Å². The highest BCUT2D eigenvalue weighted by Crippen LogP contribution is 2.23. The SMILES string of the molecule is CCNC(CCc1cnn(CC)c1)C(C)(C)C. The molecule has 0 aliphatic rings. The van der Waals surface area contributed by atoms with Crippen LogP contribution in [0, 0.1) is 5.41 Å². The Morgan fingerprint density at radius 3 is 2.53 bits per heavy atom. The molecule has 1 atom stereocenters. The highest BCUT2D eigenvalue weighted by molar-refractivity contribution is 5.04. The molecule has 3 heteroatoms. The molecule has 0 amide bonds. The largest absolute Gasteiger partial charge is 0.314 e. The van der Waals surface area contributed by atoms with Crippen LogP contribution in [0.2, 0.25) is 0 Å². The van der Waals surface area contributed by atoms with Gasteiger partial charge in [0.25, 0.3) is 0 Å². The van der Waals surface area contributed by atoms with Gasteiger partial charge in [-0.05, 0) is 37.3 Å². The first-order chi connectivity index (χ1) is 7.97. The zero-order chi connectivity index (χ0) is 12.9. The molecule has 0 saturated heterocycles.